The molecule has 0 spiro atoms. The monoisotopic (exact) mass is 318 g/mol. The van der Waals surface area contributed by atoms with Gasteiger partial charge in [0.05, 0.1) is 12.0 Å². The maximum atomic E-state index is 13.2. The summed E-state index contributed by atoms with van der Waals surface area (Å²) in [5.41, 5.74) is 0.964. The van der Waals surface area contributed by atoms with Crippen molar-refractivity contribution in [2.24, 2.45) is 11.8 Å². The highest BCUT2D eigenvalue weighted by atomic mass is 19.1. The summed E-state index contributed by atoms with van der Waals surface area (Å²) < 4.78 is 13.2. The minimum Gasteiger partial charge on any atom is -0.355 e. The first kappa shape index (κ1) is 16.0. The Kier molecular flexibility index (Phi) is 4.94. The highest BCUT2D eigenvalue weighted by Crippen LogP contribution is 2.36. The van der Waals surface area contributed by atoms with E-state index in [1.54, 1.807) is 12.1 Å². The van der Waals surface area contributed by atoms with Gasteiger partial charge in [0, 0.05) is 13.0 Å². The Labute approximate surface area is 135 Å². The molecule has 2 atom stereocenters. The van der Waals surface area contributed by atoms with Crippen LogP contribution in [-0.2, 0) is 9.59 Å². The third-order valence-corrected chi connectivity index (χ3v) is 5.03. The Bertz CT molecular complexity index is 557. The van der Waals surface area contributed by atoms with Crippen LogP contribution in [0.25, 0.3) is 0 Å². The fourth-order valence-electron chi connectivity index (χ4n) is 3.66. The van der Waals surface area contributed by atoms with Crippen molar-refractivity contribution in [3.05, 3.63) is 35.6 Å². The number of piperidine rings is 1. The van der Waals surface area contributed by atoms with Gasteiger partial charge in [-0.25, -0.2) is 4.39 Å². The Balaban J connectivity index is 1.71. The molecule has 1 aromatic carbocycles. The van der Waals surface area contributed by atoms with Gasteiger partial charge in [-0.05, 0) is 42.9 Å². The Morgan fingerprint density at radius 1 is 1.17 bits per heavy atom. The lowest BCUT2D eigenvalue weighted by atomic mass is 9.90. The van der Waals surface area contributed by atoms with Crippen molar-refractivity contribution in [3.8, 4) is 0 Å². The van der Waals surface area contributed by atoms with Crippen molar-refractivity contribution in [1.82, 2.24) is 10.6 Å². The predicted octanol–water partition coefficient (Wildman–Crippen LogP) is 2.70. The zero-order valence-corrected chi connectivity index (χ0v) is 13.2. The Hall–Kier alpha value is -1.91. The molecular weight excluding hydrogens is 295 g/mol. The Morgan fingerprint density at radius 2 is 1.87 bits per heavy atom. The van der Waals surface area contributed by atoms with Gasteiger partial charge in [-0.3, -0.25) is 9.59 Å². The van der Waals surface area contributed by atoms with Crippen LogP contribution in [-0.4, -0.2) is 18.4 Å². The zero-order valence-electron chi connectivity index (χ0n) is 13.2. The van der Waals surface area contributed by atoms with Gasteiger partial charge in [-0.15, -0.1) is 0 Å². The minimum atomic E-state index is -0.264. The first-order valence-corrected chi connectivity index (χ1v) is 8.46. The molecule has 2 amide bonds. The van der Waals surface area contributed by atoms with Crippen molar-refractivity contribution >= 4 is 11.8 Å². The molecule has 1 aliphatic carbocycles. The summed E-state index contributed by atoms with van der Waals surface area (Å²) >= 11 is 0. The summed E-state index contributed by atoms with van der Waals surface area (Å²) in [7, 11) is 0. The molecule has 5 heteroatoms. The van der Waals surface area contributed by atoms with Crippen LogP contribution in [0.5, 0.6) is 0 Å². The second-order valence-corrected chi connectivity index (χ2v) is 6.62. The normalized spacial score (nSPS) is 23.3. The number of amides is 2. The van der Waals surface area contributed by atoms with Crippen LogP contribution in [0.2, 0.25) is 0 Å². The molecule has 1 aromatic rings. The minimum absolute atomic E-state index is 0.00813. The van der Waals surface area contributed by atoms with E-state index >= 15 is 0 Å². The Morgan fingerprint density at radius 3 is 2.48 bits per heavy atom. The lowest BCUT2D eigenvalue weighted by Crippen LogP contribution is -2.44. The molecule has 124 valence electrons. The highest BCUT2D eigenvalue weighted by Gasteiger charge is 2.31. The van der Waals surface area contributed by atoms with E-state index in [4.69, 9.17) is 0 Å². The number of hydrogen-bond donors (Lipinski definition) is 2. The van der Waals surface area contributed by atoms with Gasteiger partial charge in [0.25, 0.3) is 0 Å². The van der Waals surface area contributed by atoms with Crippen LogP contribution >= 0.6 is 0 Å². The van der Waals surface area contributed by atoms with E-state index in [2.05, 4.69) is 10.6 Å². The van der Waals surface area contributed by atoms with Gasteiger partial charge >= 0.3 is 0 Å². The smallest absolute Gasteiger partial charge is 0.225 e. The fraction of sp³-hybridized carbons (Fsp3) is 0.556. The number of nitrogens with one attached hydrogen (secondary N) is 2. The van der Waals surface area contributed by atoms with Crippen molar-refractivity contribution in [2.75, 3.05) is 6.54 Å². The number of hydrogen-bond acceptors (Lipinski definition) is 2. The molecule has 1 saturated heterocycles. The summed E-state index contributed by atoms with van der Waals surface area (Å²) in [4.78, 5) is 23.8. The molecule has 0 bridgehead atoms. The van der Waals surface area contributed by atoms with Gasteiger partial charge in [0.1, 0.15) is 5.82 Å². The van der Waals surface area contributed by atoms with E-state index in [1.807, 2.05) is 0 Å². The molecule has 23 heavy (non-hydrogen) atoms. The van der Waals surface area contributed by atoms with Crippen molar-refractivity contribution in [2.45, 2.75) is 44.6 Å². The summed E-state index contributed by atoms with van der Waals surface area (Å²) in [6.07, 6.45) is 5.53. The average Bonchev–Trinajstić information content (AvgIpc) is 3.08. The molecule has 1 saturated carbocycles. The number of rotatable bonds is 4. The third kappa shape index (κ3) is 3.89. The molecule has 2 aliphatic rings. The van der Waals surface area contributed by atoms with E-state index in [0.29, 0.717) is 25.3 Å². The lowest BCUT2D eigenvalue weighted by Gasteiger charge is -2.29. The summed E-state index contributed by atoms with van der Waals surface area (Å²) in [5.74, 6) is -0.0222. The summed E-state index contributed by atoms with van der Waals surface area (Å²) in [6, 6.07) is 6.36. The lowest BCUT2D eigenvalue weighted by molar-refractivity contribution is -0.129. The van der Waals surface area contributed by atoms with Crippen LogP contribution in [0.4, 0.5) is 4.39 Å². The number of carbonyl (C=O) groups excluding carboxylic acids is 2. The standard InChI is InChI=1S/C18H23FN2O2/c19-15-8-5-13(6-9-15)17(12-3-1-2-4-12)21-18(23)14-7-10-16(22)20-11-14/h5-6,8-9,12,14,17H,1-4,7,10-11H2,(H,20,22)(H,21,23)/t14-,17+/m1/s1. The molecule has 0 radical (unpaired) electrons. The van der Waals surface area contributed by atoms with Gasteiger partial charge in [0.15, 0.2) is 0 Å². The quantitative estimate of drug-likeness (QED) is 0.897. The van der Waals surface area contributed by atoms with E-state index in [9.17, 15) is 14.0 Å². The SMILES string of the molecule is O=C1CC[C@@H](C(=O)N[C@H](c2ccc(F)cc2)C2CCCC2)CN1. The second-order valence-electron chi connectivity index (χ2n) is 6.62. The molecule has 2 fully saturated rings. The highest BCUT2D eigenvalue weighted by molar-refractivity contribution is 5.84. The summed E-state index contributed by atoms with van der Waals surface area (Å²) in [6.45, 7) is 0.408. The molecule has 0 aromatic heterocycles. The molecule has 2 N–H and O–H groups in total. The van der Waals surface area contributed by atoms with Gasteiger partial charge < -0.3 is 10.6 Å². The second kappa shape index (κ2) is 7.11. The van der Waals surface area contributed by atoms with Gasteiger partial charge in [0.2, 0.25) is 11.8 Å². The number of halogens is 1. The number of carbonyl (C=O) groups is 2. The van der Waals surface area contributed by atoms with Gasteiger partial charge in [-0.1, -0.05) is 25.0 Å². The topological polar surface area (TPSA) is 58.2 Å². The average molecular weight is 318 g/mol. The van der Waals surface area contributed by atoms with E-state index in [-0.39, 0.29) is 29.6 Å². The molecule has 3 rings (SSSR count). The van der Waals surface area contributed by atoms with Crippen LogP contribution in [0.1, 0.15) is 50.1 Å². The molecule has 0 unspecified atom stereocenters. The van der Waals surface area contributed by atoms with Crippen molar-refractivity contribution in [3.63, 3.8) is 0 Å². The maximum Gasteiger partial charge on any atom is 0.225 e. The molecule has 1 heterocycles. The van der Waals surface area contributed by atoms with Crippen molar-refractivity contribution in [1.29, 1.82) is 0 Å². The maximum absolute atomic E-state index is 13.2. The van der Waals surface area contributed by atoms with Crippen LogP contribution in [0.15, 0.2) is 24.3 Å². The van der Waals surface area contributed by atoms with Crippen LogP contribution < -0.4 is 10.6 Å². The van der Waals surface area contributed by atoms with Crippen LogP contribution in [0.3, 0.4) is 0 Å². The number of benzene rings is 1. The third-order valence-electron chi connectivity index (χ3n) is 5.03. The fourth-order valence-corrected chi connectivity index (χ4v) is 3.66. The molecule has 4 nitrogen and oxygen atoms in total. The first-order chi connectivity index (χ1) is 11.1. The predicted molar refractivity (Wildman–Crippen MR) is 85.0 cm³/mol. The van der Waals surface area contributed by atoms with E-state index in [0.717, 1.165) is 18.4 Å². The van der Waals surface area contributed by atoms with Gasteiger partial charge in [-0.2, -0.15) is 0 Å². The van der Waals surface area contributed by atoms with E-state index in [1.165, 1.54) is 25.0 Å². The molecule has 1 aliphatic heterocycles. The summed E-state index contributed by atoms with van der Waals surface area (Å²) in [5, 5.41) is 5.92. The van der Waals surface area contributed by atoms with Crippen LogP contribution in [0, 0.1) is 17.7 Å². The zero-order chi connectivity index (χ0) is 16.2. The van der Waals surface area contributed by atoms with E-state index < -0.39 is 0 Å². The first-order valence-electron chi connectivity index (χ1n) is 8.46. The molecular formula is C18H23FN2O2. The largest absolute Gasteiger partial charge is 0.355 e. The van der Waals surface area contributed by atoms with Crippen molar-refractivity contribution < 1.29 is 14.0 Å².